The first-order chi connectivity index (χ1) is 7.40. The van der Waals surface area contributed by atoms with E-state index in [0.717, 1.165) is 12.1 Å². The highest BCUT2D eigenvalue weighted by Crippen LogP contribution is 2.29. The molecule has 1 aromatic rings. The topological polar surface area (TPSA) is 57.5 Å². The quantitative estimate of drug-likeness (QED) is 0.827. The van der Waals surface area contributed by atoms with E-state index in [1.165, 1.54) is 6.92 Å². The van der Waals surface area contributed by atoms with Gasteiger partial charge < -0.3 is 10.2 Å². The number of aliphatic carboxylic acids is 1. The number of carboxylic acids is 1. The van der Waals surface area contributed by atoms with Gasteiger partial charge in [-0.3, -0.25) is 4.79 Å². The lowest BCUT2D eigenvalue weighted by Gasteiger charge is -2.24. The van der Waals surface area contributed by atoms with E-state index in [4.69, 9.17) is 10.2 Å². The average Bonchev–Trinajstić information content (AvgIpc) is 2.16. The van der Waals surface area contributed by atoms with Gasteiger partial charge in [-0.1, -0.05) is 0 Å². The molecule has 0 radical (unpaired) electrons. The molecule has 0 saturated heterocycles. The van der Waals surface area contributed by atoms with Crippen molar-refractivity contribution in [1.29, 1.82) is 0 Å². The predicted molar refractivity (Wildman–Crippen MR) is 53.0 cm³/mol. The van der Waals surface area contributed by atoms with Crippen molar-refractivity contribution in [3.05, 3.63) is 35.4 Å². The molecule has 88 valence electrons. The molecule has 1 unspecified atom stereocenters. The third kappa shape index (κ3) is 2.36. The first-order valence-corrected chi connectivity index (χ1v) is 4.71. The van der Waals surface area contributed by atoms with Crippen LogP contribution in [-0.4, -0.2) is 22.8 Å². The van der Waals surface area contributed by atoms with Crippen LogP contribution in [0.5, 0.6) is 0 Å². The van der Waals surface area contributed by atoms with Crippen molar-refractivity contribution in [2.45, 2.75) is 18.8 Å². The highest BCUT2D eigenvalue weighted by Gasteiger charge is 2.35. The molecule has 3 nitrogen and oxygen atoms in total. The van der Waals surface area contributed by atoms with E-state index in [1.807, 2.05) is 0 Å². The normalized spacial score (nSPS) is 14.5. The molecule has 5 heteroatoms. The summed E-state index contributed by atoms with van der Waals surface area (Å²) in [5.74, 6) is -2.90. The Morgan fingerprint density at radius 1 is 1.31 bits per heavy atom. The monoisotopic (exact) mass is 230 g/mol. The minimum Gasteiger partial charge on any atom is -0.481 e. The third-order valence-electron chi connectivity index (χ3n) is 2.58. The second-order valence-corrected chi connectivity index (χ2v) is 3.77. The van der Waals surface area contributed by atoms with E-state index in [-0.39, 0.29) is 18.6 Å². The largest absolute Gasteiger partial charge is 0.481 e. The van der Waals surface area contributed by atoms with Crippen LogP contribution in [-0.2, 0) is 10.2 Å². The zero-order chi connectivity index (χ0) is 12.3. The molecule has 0 aliphatic heterocycles. The molecule has 0 bridgehead atoms. The number of hydrogen-bond acceptors (Lipinski definition) is 2. The summed E-state index contributed by atoms with van der Waals surface area (Å²) in [6.45, 7) is 0.945. The van der Waals surface area contributed by atoms with E-state index in [2.05, 4.69) is 0 Å². The maximum atomic E-state index is 13.0. The summed E-state index contributed by atoms with van der Waals surface area (Å²) in [6.07, 6.45) is -0.106. The van der Waals surface area contributed by atoms with Gasteiger partial charge in [-0.15, -0.1) is 0 Å². The summed E-state index contributed by atoms with van der Waals surface area (Å²) in [5, 5.41) is 17.8. The van der Waals surface area contributed by atoms with E-state index >= 15 is 0 Å². The molecule has 2 N–H and O–H groups in total. The molecule has 1 rings (SSSR count). The summed E-state index contributed by atoms with van der Waals surface area (Å²) in [7, 11) is 0. The van der Waals surface area contributed by atoms with Gasteiger partial charge in [-0.25, -0.2) is 8.78 Å². The maximum Gasteiger partial charge on any atom is 0.313 e. The van der Waals surface area contributed by atoms with Crippen molar-refractivity contribution in [2.24, 2.45) is 0 Å². The van der Waals surface area contributed by atoms with Crippen molar-refractivity contribution in [2.75, 3.05) is 6.61 Å². The zero-order valence-electron chi connectivity index (χ0n) is 8.70. The molecule has 0 saturated carbocycles. The number of carbonyl (C=O) groups is 1. The van der Waals surface area contributed by atoms with Gasteiger partial charge in [0.1, 0.15) is 11.6 Å². The van der Waals surface area contributed by atoms with Crippen molar-refractivity contribution < 1.29 is 23.8 Å². The van der Waals surface area contributed by atoms with Gasteiger partial charge in [0.2, 0.25) is 0 Å². The van der Waals surface area contributed by atoms with Crippen molar-refractivity contribution >= 4 is 5.97 Å². The molecule has 0 amide bonds. The first kappa shape index (κ1) is 12.6. The molecular formula is C11H12F2O3. The fourth-order valence-corrected chi connectivity index (χ4v) is 1.47. The van der Waals surface area contributed by atoms with E-state index in [9.17, 15) is 13.6 Å². The van der Waals surface area contributed by atoms with E-state index in [1.54, 1.807) is 0 Å². The second-order valence-electron chi connectivity index (χ2n) is 3.77. The smallest absolute Gasteiger partial charge is 0.313 e. The molecule has 1 aromatic carbocycles. The predicted octanol–water partition coefficient (Wildman–Crippen LogP) is 1.69. The molecular weight excluding hydrogens is 218 g/mol. The van der Waals surface area contributed by atoms with Crippen LogP contribution >= 0.6 is 0 Å². The molecule has 0 spiro atoms. The summed E-state index contributed by atoms with van der Waals surface area (Å²) >= 11 is 0. The number of aliphatic hydroxyl groups excluding tert-OH is 1. The van der Waals surface area contributed by atoms with Gasteiger partial charge in [-0.2, -0.15) is 0 Å². The Balaban J connectivity index is 3.25. The van der Waals surface area contributed by atoms with Gasteiger partial charge in [0.05, 0.1) is 5.41 Å². The molecule has 0 aliphatic carbocycles. The Hall–Kier alpha value is -1.49. The SMILES string of the molecule is CC(CCO)(C(=O)O)c1cc(F)cc(F)c1. The highest BCUT2D eigenvalue weighted by molar-refractivity contribution is 5.80. The Labute approximate surface area is 91.3 Å². The zero-order valence-corrected chi connectivity index (χ0v) is 8.70. The maximum absolute atomic E-state index is 13.0. The van der Waals surface area contributed by atoms with Crippen molar-refractivity contribution in [3.63, 3.8) is 0 Å². The second kappa shape index (κ2) is 4.57. The summed E-state index contributed by atoms with van der Waals surface area (Å²) in [4.78, 5) is 11.1. The van der Waals surface area contributed by atoms with Crippen LogP contribution in [0.1, 0.15) is 18.9 Å². The molecule has 1 atom stereocenters. The average molecular weight is 230 g/mol. The molecule has 0 aromatic heterocycles. The van der Waals surface area contributed by atoms with Crippen LogP contribution in [0, 0.1) is 11.6 Å². The molecule has 16 heavy (non-hydrogen) atoms. The molecule has 0 aliphatic rings. The number of carboxylic acid groups (broad SMARTS) is 1. The van der Waals surface area contributed by atoms with Crippen LogP contribution < -0.4 is 0 Å². The van der Waals surface area contributed by atoms with Crippen LogP contribution in [0.15, 0.2) is 18.2 Å². The fraction of sp³-hybridized carbons (Fsp3) is 0.364. The Morgan fingerprint density at radius 3 is 2.19 bits per heavy atom. The Bertz CT molecular complexity index is 386. The lowest BCUT2D eigenvalue weighted by atomic mass is 9.80. The minimum absolute atomic E-state index is 0.00606. The van der Waals surface area contributed by atoms with Crippen LogP contribution in [0.2, 0.25) is 0 Å². The number of rotatable bonds is 4. The van der Waals surface area contributed by atoms with Crippen LogP contribution in [0.3, 0.4) is 0 Å². The molecule has 0 fully saturated rings. The lowest BCUT2D eigenvalue weighted by Crippen LogP contribution is -2.33. The Kier molecular flexibility index (Phi) is 3.59. The standard InChI is InChI=1S/C11H12F2O3/c1-11(2-3-14,10(15)16)7-4-8(12)6-9(13)5-7/h4-6,14H,2-3H2,1H3,(H,15,16). The summed E-state index contributed by atoms with van der Waals surface area (Å²) in [6, 6.07) is 2.60. The number of aliphatic hydroxyl groups is 1. The van der Waals surface area contributed by atoms with Crippen molar-refractivity contribution in [3.8, 4) is 0 Å². The number of halogens is 2. The van der Waals surface area contributed by atoms with Crippen LogP contribution in [0.25, 0.3) is 0 Å². The number of hydrogen-bond donors (Lipinski definition) is 2. The van der Waals surface area contributed by atoms with Gasteiger partial charge >= 0.3 is 5.97 Å². The summed E-state index contributed by atoms with van der Waals surface area (Å²) in [5.41, 5.74) is -1.48. The van der Waals surface area contributed by atoms with Gasteiger partial charge in [0.25, 0.3) is 0 Å². The summed E-state index contributed by atoms with van der Waals surface area (Å²) < 4.78 is 25.9. The fourth-order valence-electron chi connectivity index (χ4n) is 1.47. The Morgan fingerprint density at radius 2 is 1.81 bits per heavy atom. The van der Waals surface area contributed by atoms with E-state index in [0.29, 0.717) is 6.07 Å². The lowest BCUT2D eigenvalue weighted by molar-refractivity contribution is -0.143. The first-order valence-electron chi connectivity index (χ1n) is 4.71. The minimum atomic E-state index is -1.49. The third-order valence-corrected chi connectivity index (χ3v) is 2.58. The van der Waals surface area contributed by atoms with Gasteiger partial charge in [0, 0.05) is 12.7 Å². The van der Waals surface area contributed by atoms with Gasteiger partial charge in [-0.05, 0) is 31.0 Å². The molecule has 0 heterocycles. The number of benzene rings is 1. The highest BCUT2D eigenvalue weighted by atomic mass is 19.1. The van der Waals surface area contributed by atoms with Crippen molar-refractivity contribution in [1.82, 2.24) is 0 Å². The van der Waals surface area contributed by atoms with Crippen LogP contribution in [0.4, 0.5) is 8.78 Å². The van der Waals surface area contributed by atoms with E-state index < -0.39 is 23.0 Å². The van der Waals surface area contributed by atoms with Gasteiger partial charge in [0.15, 0.2) is 0 Å².